The molecule has 2 heterocycles. The molecule has 1 aromatic rings. The van der Waals surface area contributed by atoms with Gasteiger partial charge in [-0.3, -0.25) is 0 Å². The van der Waals surface area contributed by atoms with E-state index in [4.69, 9.17) is 4.52 Å². The lowest BCUT2D eigenvalue weighted by Gasteiger charge is -2.17. The lowest BCUT2D eigenvalue weighted by Crippen LogP contribution is -2.13. The fourth-order valence-electron chi connectivity index (χ4n) is 2.81. The van der Waals surface area contributed by atoms with Crippen LogP contribution in [-0.4, -0.2) is 16.7 Å². The fourth-order valence-corrected chi connectivity index (χ4v) is 2.81. The quantitative estimate of drug-likeness (QED) is 0.833. The third kappa shape index (κ3) is 1.98. The van der Waals surface area contributed by atoms with Crippen LogP contribution < -0.4 is 5.32 Å². The molecule has 0 spiro atoms. The zero-order chi connectivity index (χ0) is 10.8. The van der Waals surface area contributed by atoms with E-state index in [1.54, 1.807) is 0 Å². The molecule has 4 heteroatoms. The number of rotatable bonds is 2. The topological polar surface area (TPSA) is 51.0 Å². The largest absolute Gasteiger partial charge is 0.338 e. The van der Waals surface area contributed by atoms with Gasteiger partial charge in [-0.05, 0) is 32.2 Å². The minimum absolute atomic E-state index is 0.310. The van der Waals surface area contributed by atoms with Gasteiger partial charge in [0.2, 0.25) is 5.89 Å². The summed E-state index contributed by atoms with van der Waals surface area (Å²) in [5, 5.41) is 7.55. The van der Waals surface area contributed by atoms with Crippen LogP contribution in [0.5, 0.6) is 0 Å². The summed E-state index contributed by atoms with van der Waals surface area (Å²) in [6, 6.07) is 0.310. The van der Waals surface area contributed by atoms with E-state index in [1.165, 1.54) is 38.5 Å². The molecule has 0 bridgehead atoms. The highest BCUT2D eigenvalue weighted by Gasteiger charge is 2.25. The molecule has 88 valence electrons. The van der Waals surface area contributed by atoms with Crippen LogP contribution >= 0.6 is 0 Å². The molecule has 1 atom stereocenters. The number of aromatic nitrogens is 2. The molecule has 1 aromatic heterocycles. The van der Waals surface area contributed by atoms with Gasteiger partial charge < -0.3 is 9.84 Å². The third-order valence-corrected chi connectivity index (χ3v) is 3.79. The van der Waals surface area contributed by atoms with Crippen LogP contribution in [0.2, 0.25) is 0 Å². The average Bonchev–Trinajstić information content (AvgIpc) is 3.01. The van der Waals surface area contributed by atoms with Gasteiger partial charge in [0.05, 0.1) is 6.04 Å². The van der Waals surface area contributed by atoms with Crippen molar-refractivity contribution in [2.45, 2.75) is 56.9 Å². The van der Waals surface area contributed by atoms with Gasteiger partial charge in [-0.1, -0.05) is 24.4 Å². The first-order valence-electron chi connectivity index (χ1n) is 6.50. The van der Waals surface area contributed by atoms with E-state index in [-0.39, 0.29) is 0 Å². The van der Waals surface area contributed by atoms with E-state index in [9.17, 15) is 0 Å². The highest BCUT2D eigenvalue weighted by Crippen LogP contribution is 2.32. The highest BCUT2D eigenvalue weighted by atomic mass is 16.5. The zero-order valence-corrected chi connectivity index (χ0v) is 9.61. The van der Waals surface area contributed by atoms with E-state index in [0.29, 0.717) is 12.0 Å². The first kappa shape index (κ1) is 10.3. The Balaban J connectivity index is 1.71. The van der Waals surface area contributed by atoms with Crippen LogP contribution in [0.1, 0.15) is 68.6 Å². The summed E-state index contributed by atoms with van der Waals surface area (Å²) in [5.41, 5.74) is 0. The summed E-state index contributed by atoms with van der Waals surface area (Å²) in [6.45, 7) is 1.08. The van der Waals surface area contributed by atoms with Crippen molar-refractivity contribution in [1.29, 1.82) is 0 Å². The summed E-state index contributed by atoms with van der Waals surface area (Å²) in [7, 11) is 0. The van der Waals surface area contributed by atoms with Crippen LogP contribution in [0.25, 0.3) is 0 Å². The summed E-state index contributed by atoms with van der Waals surface area (Å²) < 4.78 is 5.38. The molecule has 2 fully saturated rings. The summed E-state index contributed by atoms with van der Waals surface area (Å²) >= 11 is 0. The Kier molecular flexibility index (Phi) is 2.91. The Morgan fingerprint density at radius 2 is 1.94 bits per heavy atom. The average molecular weight is 221 g/mol. The molecule has 1 aliphatic carbocycles. The third-order valence-electron chi connectivity index (χ3n) is 3.79. The van der Waals surface area contributed by atoms with Crippen molar-refractivity contribution in [3.8, 4) is 0 Å². The van der Waals surface area contributed by atoms with Gasteiger partial charge in [0.15, 0.2) is 5.82 Å². The fraction of sp³-hybridized carbons (Fsp3) is 0.833. The van der Waals surface area contributed by atoms with Crippen molar-refractivity contribution < 1.29 is 4.52 Å². The first-order chi connectivity index (χ1) is 7.93. The Labute approximate surface area is 95.8 Å². The second kappa shape index (κ2) is 4.53. The van der Waals surface area contributed by atoms with Gasteiger partial charge in [0.25, 0.3) is 0 Å². The van der Waals surface area contributed by atoms with Gasteiger partial charge in [0.1, 0.15) is 0 Å². The second-order valence-corrected chi connectivity index (χ2v) is 4.97. The Bertz CT molecular complexity index is 338. The number of hydrogen-bond acceptors (Lipinski definition) is 4. The SMILES string of the molecule is C1CCC(c2noc([C@H]3CCCN3)n2)CC1. The maximum absolute atomic E-state index is 5.38. The van der Waals surface area contributed by atoms with E-state index in [2.05, 4.69) is 15.5 Å². The molecule has 1 saturated carbocycles. The predicted molar refractivity (Wildman–Crippen MR) is 60.1 cm³/mol. The maximum Gasteiger partial charge on any atom is 0.243 e. The van der Waals surface area contributed by atoms with Gasteiger partial charge in [-0.25, -0.2) is 0 Å². The van der Waals surface area contributed by atoms with Crippen LogP contribution in [0.15, 0.2) is 4.52 Å². The number of nitrogens with one attached hydrogen (secondary N) is 1. The minimum Gasteiger partial charge on any atom is -0.338 e. The standard InChI is InChI=1S/C12H19N3O/c1-2-5-9(6-3-1)11-14-12(16-15-11)10-7-4-8-13-10/h9-10,13H,1-8H2/t10-/m1/s1. The normalized spacial score (nSPS) is 27.4. The lowest BCUT2D eigenvalue weighted by atomic mass is 9.89. The number of hydrogen-bond donors (Lipinski definition) is 1. The molecule has 4 nitrogen and oxygen atoms in total. The Hall–Kier alpha value is -0.900. The van der Waals surface area contributed by atoms with Crippen molar-refractivity contribution in [3.63, 3.8) is 0 Å². The minimum atomic E-state index is 0.310. The van der Waals surface area contributed by atoms with Crippen LogP contribution in [0.3, 0.4) is 0 Å². The maximum atomic E-state index is 5.38. The van der Waals surface area contributed by atoms with E-state index < -0.39 is 0 Å². The lowest BCUT2D eigenvalue weighted by molar-refractivity contribution is 0.333. The van der Waals surface area contributed by atoms with Gasteiger partial charge in [-0.2, -0.15) is 4.98 Å². The number of nitrogens with zero attached hydrogens (tertiary/aromatic N) is 2. The molecule has 16 heavy (non-hydrogen) atoms. The smallest absolute Gasteiger partial charge is 0.243 e. The van der Waals surface area contributed by atoms with Crippen LogP contribution in [0, 0.1) is 0 Å². The molecule has 0 radical (unpaired) electrons. The predicted octanol–water partition coefficient (Wildman–Crippen LogP) is 2.54. The first-order valence-corrected chi connectivity index (χ1v) is 6.50. The molecule has 1 aliphatic heterocycles. The van der Waals surface area contributed by atoms with Crippen molar-refractivity contribution in [2.75, 3.05) is 6.54 Å². The van der Waals surface area contributed by atoms with Crippen LogP contribution in [-0.2, 0) is 0 Å². The summed E-state index contributed by atoms with van der Waals surface area (Å²) in [6.07, 6.45) is 8.81. The molecule has 0 unspecified atom stereocenters. The second-order valence-electron chi connectivity index (χ2n) is 4.97. The van der Waals surface area contributed by atoms with E-state index >= 15 is 0 Å². The molecule has 1 N–H and O–H groups in total. The molecule has 0 amide bonds. The van der Waals surface area contributed by atoms with E-state index in [1.807, 2.05) is 0 Å². The summed E-state index contributed by atoms with van der Waals surface area (Å²) in [4.78, 5) is 4.58. The molecule has 0 aromatic carbocycles. The molecule has 1 saturated heterocycles. The van der Waals surface area contributed by atoms with Crippen LogP contribution in [0.4, 0.5) is 0 Å². The Morgan fingerprint density at radius 1 is 1.06 bits per heavy atom. The monoisotopic (exact) mass is 221 g/mol. The van der Waals surface area contributed by atoms with E-state index in [0.717, 1.165) is 24.7 Å². The Morgan fingerprint density at radius 3 is 2.69 bits per heavy atom. The molecular formula is C12H19N3O. The van der Waals surface area contributed by atoms with Crippen molar-refractivity contribution in [2.24, 2.45) is 0 Å². The highest BCUT2D eigenvalue weighted by molar-refractivity contribution is 5.00. The van der Waals surface area contributed by atoms with Crippen molar-refractivity contribution in [3.05, 3.63) is 11.7 Å². The molecule has 3 rings (SSSR count). The van der Waals surface area contributed by atoms with Gasteiger partial charge in [0, 0.05) is 5.92 Å². The van der Waals surface area contributed by atoms with Crippen molar-refractivity contribution >= 4 is 0 Å². The van der Waals surface area contributed by atoms with Gasteiger partial charge >= 0.3 is 0 Å². The molecular weight excluding hydrogens is 202 g/mol. The van der Waals surface area contributed by atoms with Gasteiger partial charge in [-0.15, -0.1) is 0 Å². The summed E-state index contributed by atoms with van der Waals surface area (Å²) in [5.74, 6) is 2.30. The molecule has 2 aliphatic rings. The zero-order valence-electron chi connectivity index (χ0n) is 9.61. The van der Waals surface area contributed by atoms with Crippen molar-refractivity contribution in [1.82, 2.24) is 15.5 Å².